The first-order valence-electron chi connectivity index (χ1n) is 7.52. The lowest BCUT2D eigenvalue weighted by molar-refractivity contribution is -0.158. The first kappa shape index (κ1) is 20.3. The summed E-state index contributed by atoms with van der Waals surface area (Å²) in [5.74, 6) is -0.673. The van der Waals surface area contributed by atoms with Crippen LogP contribution in [0.3, 0.4) is 0 Å². The van der Waals surface area contributed by atoms with Crippen LogP contribution < -0.4 is 0 Å². The Morgan fingerprint density at radius 3 is 1.81 bits per heavy atom. The molecule has 0 saturated heterocycles. The van der Waals surface area contributed by atoms with Crippen LogP contribution in [0, 0.1) is 0 Å². The minimum atomic E-state index is -1.84. The Hall–Kier alpha value is -0.730. The van der Waals surface area contributed by atoms with E-state index in [2.05, 4.69) is 0 Å². The summed E-state index contributed by atoms with van der Waals surface area (Å²) in [5.41, 5.74) is 0. The summed E-state index contributed by atoms with van der Waals surface area (Å²) in [6.07, 6.45) is -3.73. The fourth-order valence-electron chi connectivity index (χ4n) is 1.89. The van der Waals surface area contributed by atoms with E-state index in [0.29, 0.717) is 13.1 Å². The van der Waals surface area contributed by atoms with Crippen molar-refractivity contribution in [2.45, 2.75) is 63.9 Å². The van der Waals surface area contributed by atoms with E-state index in [-0.39, 0.29) is 0 Å². The number of aliphatic hydroxyl groups excluding tert-OH is 5. The number of hydrogen-bond acceptors (Lipinski definition) is 6. The summed E-state index contributed by atoms with van der Waals surface area (Å²) in [6.45, 7) is 4.13. The highest BCUT2D eigenvalue weighted by molar-refractivity contribution is 5.81. The molecular formula is C14H29NO6. The minimum Gasteiger partial charge on any atom is -0.394 e. The van der Waals surface area contributed by atoms with Crippen molar-refractivity contribution in [3.8, 4) is 0 Å². The van der Waals surface area contributed by atoms with Crippen molar-refractivity contribution in [2.75, 3.05) is 19.7 Å². The van der Waals surface area contributed by atoms with Crippen LogP contribution in [0.4, 0.5) is 0 Å². The normalized spacial score (nSPS) is 17.1. The van der Waals surface area contributed by atoms with Crippen LogP contribution >= 0.6 is 0 Å². The Labute approximate surface area is 125 Å². The van der Waals surface area contributed by atoms with E-state index in [1.807, 2.05) is 13.8 Å². The van der Waals surface area contributed by atoms with Gasteiger partial charge in [-0.15, -0.1) is 0 Å². The number of amides is 1. The summed E-state index contributed by atoms with van der Waals surface area (Å²) < 4.78 is 0. The maximum absolute atomic E-state index is 12.2. The molecule has 0 saturated carbocycles. The van der Waals surface area contributed by atoms with Gasteiger partial charge in [0.2, 0.25) is 0 Å². The second-order valence-electron chi connectivity index (χ2n) is 5.21. The topological polar surface area (TPSA) is 121 Å². The van der Waals surface area contributed by atoms with Gasteiger partial charge in [-0.3, -0.25) is 4.79 Å². The minimum absolute atomic E-state index is 0.470. The molecule has 0 heterocycles. The number of hydrogen-bond donors (Lipinski definition) is 5. The molecule has 0 bridgehead atoms. The summed E-state index contributed by atoms with van der Waals surface area (Å²) in [4.78, 5) is 13.6. The predicted octanol–water partition coefficient (Wildman–Crippen LogP) is -1.15. The molecule has 126 valence electrons. The van der Waals surface area contributed by atoms with Gasteiger partial charge in [0, 0.05) is 13.1 Å². The molecule has 21 heavy (non-hydrogen) atoms. The van der Waals surface area contributed by atoms with Gasteiger partial charge >= 0.3 is 0 Å². The Morgan fingerprint density at radius 1 is 0.952 bits per heavy atom. The summed E-state index contributed by atoms with van der Waals surface area (Å²) in [5, 5.41) is 47.1. The van der Waals surface area contributed by atoms with Crippen LogP contribution in [-0.2, 0) is 4.79 Å². The number of nitrogens with zero attached hydrogens (tertiary/aromatic N) is 1. The van der Waals surface area contributed by atoms with Gasteiger partial charge in [0.1, 0.15) is 18.3 Å². The summed E-state index contributed by atoms with van der Waals surface area (Å²) in [6, 6.07) is 0. The highest BCUT2D eigenvalue weighted by Gasteiger charge is 2.35. The molecule has 0 aromatic heterocycles. The molecule has 4 atom stereocenters. The van der Waals surface area contributed by atoms with E-state index in [1.54, 1.807) is 0 Å². The van der Waals surface area contributed by atoms with Crippen LogP contribution in [0.15, 0.2) is 0 Å². The third-order valence-electron chi connectivity index (χ3n) is 3.38. The van der Waals surface area contributed by atoms with Crippen molar-refractivity contribution in [3.05, 3.63) is 0 Å². The fourth-order valence-corrected chi connectivity index (χ4v) is 1.89. The van der Waals surface area contributed by atoms with Gasteiger partial charge in [0.25, 0.3) is 5.91 Å². The summed E-state index contributed by atoms with van der Waals surface area (Å²) >= 11 is 0. The van der Waals surface area contributed by atoms with Crippen molar-refractivity contribution in [1.29, 1.82) is 0 Å². The molecule has 0 aliphatic rings. The summed E-state index contributed by atoms with van der Waals surface area (Å²) in [7, 11) is 0. The van der Waals surface area contributed by atoms with Gasteiger partial charge in [0.05, 0.1) is 6.61 Å². The van der Waals surface area contributed by atoms with Crippen molar-refractivity contribution >= 4 is 5.91 Å². The van der Waals surface area contributed by atoms with Crippen molar-refractivity contribution in [3.63, 3.8) is 0 Å². The van der Waals surface area contributed by atoms with Gasteiger partial charge in [0.15, 0.2) is 6.10 Å². The van der Waals surface area contributed by atoms with Gasteiger partial charge < -0.3 is 30.4 Å². The Balaban J connectivity index is 4.72. The van der Waals surface area contributed by atoms with Gasteiger partial charge in [-0.2, -0.15) is 0 Å². The fraction of sp³-hybridized carbons (Fsp3) is 0.929. The molecule has 0 aliphatic carbocycles. The lowest BCUT2D eigenvalue weighted by Gasteiger charge is -2.30. The molecule has 0 aliphatic heterocycles. The molecular weight excluding hydrogens is 278 g/mol. The molecule has 5 N–H and O–H groups in total. The van der Waals surface area contributed by atoms with Gasteiger partial charge in [-0.1, -0.05) is 26.7 Å². The average molecular weight is 307 g/mol. The number of rotatable bonds is 11. The largest absolute Gasteiger partial charge is 0.394 e. The molecule has 0 aromatic carbocycles. The maximum atomic E-state index is 12.2. The smallest absolute Gasteiger partial charge is 0.254 e. The number of aliphatic hydroxyl groups is 5. The second-order valence-corrected chi connectivity index (χ2v) is 5.21. The highest BCUT2D eigenvalue weighted by Crippen LogP contribution is 2.10. The highest BCUT2D eigenvalue weighted by atomic mass is 16.4. The van der Waals surface area contributed by atoms with Crippen molar-refractivity contribution < 1.29 is 30.3 Å². The third kappa shape index (κ3) is 6.71. The number of carbonyl (C=O) groups excluding carboxylic acids is 1. The van der Waals surface area contributed by atoms with Crippen LogP contribution in [0.25, 0.3) is 0 Å². The van der Waals surface area contributed by atoms with E-state index in [0.717, 1.165) is 25.7 Å². The van der Waals surface area contributed by atoms with Gasteiger partial charge in [-0.25, -0.2) is 0 Å². The Morgan fingerprint density at radius 2 is 1.43 bits per heavy atom. The van der Waals surface area contributed by atoms with E-state index < -0.39 is 36.9 Å². The van der Waals surface area contributed by atoms with Crippen LogP contribution in [0.2, 0.25) is 0 Å². The molecule has 0 fully saturated rings. The molecule has 0 spiro atoms. The molecule has 0 aromatic rings. The zero-order valence-electron chi connectivity index (χ0n) is 12.9. The molecule has 0 radical (unpaired) electrons. The zero-order chi connectivity index (χ0) is 16.4. The Bertz CT molecular complexity index is 281. The second kappa shape index (κ2) is 10.9. The van der Waals surface area contributed by atoms with E-state index in [1.165, 1.54) is 4.90 Å². The monoisotopic (exact) mass is 307 g/mol. The molecule has 7 heteroatoms. The molecule has 1 amide bonds. The van der Waals surface area contributed by atoms with Crippen LogP contribution in [0.5, 0.6) is 0 Å². The number of unbranched alkanes of at least 4 members (excludes halogenated alkanes) is 2. The van der Waals surface area contributed by atoms with Gasteiger partial charge in [-0.05, 0) is 12.8 Å². The molecule has 0 unspecified atom stereocenters. The predicted molar refractivity (Wildman–Crippen MR) is 77.5 cm³/mol. The van der Waals surface area contributed by atoms with Crippen LogP contribution in [0.1, 0.15) is 39.5 Å². The number of carbonyl (C=O) groups is 1. The lowest BCUT2D eigenvalue weighted by Crippen LogP contribution is -2.52. The lowest BCUT2D eigenvalue weighted by atomic mass is 10.0. The average Bonchev–Trinajstić information content (AvgIpc) is 2.51. The standard InChI is InChI=1S/C14H29NO6/c1-3-5-7-15(8-6-4-2)14(21)13(20)12(19)11(18)10(17)9-16/h10-13,16-20H,3-9H2,1-2H3/t10-,11-,12+,13-/m1/s1. The van der Waals surface area contributed by atoms with Crippen LogP contribution in [-0.4, -0.2) is 80.5 Å². The van der Waals surface area contributed by atoms with E-state index >= 15 is 0 Å². The maximum Gasteiger partial charge on any atom is 0.254 e. The SMILES string of the molecule is CCCCN(CCCC)C(=O)[C@H](O)[C@@H](O)[C@H](O)[C@H](O)CO. The molecule has 7 nitrogen and oxygen atoms in total. The van der Waals surface area contributed by atoms with Crippen molar-refractivity contribution in [1.82, 2.24) is 4.90 Å². The van der Waals surface area contributed by atoms with Crippen molar-refractivity contribution in [2.24, 2.45) is 0 Å². The van der Waals surface area contributed by atoms with E-state index in [9.17, 15) is 25.2 Å². The Kier molecular flexibility index (Phi) is 10.5. The first-order chi connectivity index (χ1) is 9.90. The third-order valence-corrected chi connectivity index (χ3v) is 3.38. The van der Waals surface area contributed by atoms with E-state index in [4.69, 9.17) is 5.11 Å². The quantitative estimate of drug-likeness (QED) is 0.329. The first-order valence-corrected chi connectivity index (χ1v) is 7.52. The zero-order valence-corrected chi connectivity index (χ0v) is 12.9. The molecule has 0 rings (SSSR count).